The zero-order chi connectivity index (χ0) is 7.40. The molecule has 0 N–H and O–H groups in total. The van der Waals surface area contributed by atoms with Crippen molar-refractivity contribution >= 4 is 15.5 Å². The topological polar surface area (TPSA) is 26.3 Å². The van der Waals surface area contributed by atoms with Gasteiger partial charge in [-0.1, -0.05) is 0 Å². The number of halogens is 1. The van der Waals surface area contributed by atoms with Crippen LogP contribution in [0.2, 0.25) is 0 Å². The van der Waals surface area contributed by atoms with E-state index in [9.17, 15) is 8.19 Å². The molecule has 1 rings (SSSR count). The van der Waals surface area contributed by atoms with Crippen molar-refractivity contribution in [1.29, 1.82) is 0 Å². The van der Waals surface area contributed by atoms with Crippen molar-refractivity contribution in [2.45, 2.75) is 0 Å². The third-order valence-corrected chi connectivity index (χ3v) is 1.36. The molecule has 4 heteroatoms. The molecule has 0 spiro atoms. The van der Waals surface area contributed by atoms with Crippen LogP contribution in [0.4, 0.5) is 4.39 Å². The zero-order valence-corrected chi connectivity index (χ0v) is 6.24. The Bertz CT molecular complexity index is 239. The Morgan fingerprint density at radius 2 is 2.10 bits per heavy atom. The summed E-state index contributed by atoms with van der Waals surface area (Å²) < 4.78 is 27.0. The van der Waals surface area contributed by atoms with E-state index in [0.29, 0.717) is 0 Å². The van der Waals surface area contributed by atoms with E-state index in [2.05, 4.69) is 3.79 Å². The molecule has 10 heavy (non-hydrogen) atoms. The van der Waals surface area contributed by atoms with Gasteiger partial charge in [-0.05, 0) is 0 Å². The summed E-state index contributed by atoms with van der Waals surface area (Å²) in [5, 5.41) is 0. The molecular weight excluding hydrogens is 150 g/mol. The molecule has 0 radical (unpaired) electrons. The van der Waals surface area contributed by atoms with Gasteiger partial charge in [-0.3, -0.25) is 0 Å². The third kappa shape index (κ3) is 1.63. The molecule has 50 valence electrons. The number of rotatable bonds is 2. The Hall–Kier alpha value is -0.718. The molecule has 0 saturated heterocycles. The fourth-order valence-corrected chi connectivity index (χ4v) is 0.887. The molecule has 0 heterocycles. The van der Waals surface area contributed by atoms with E-state index < -0.39 is 21.3 Å². The molecule has 0 atom stereocenters. The fourth-order valence-electron chi connectivity index (χ4n) is 0.592. The van der Waals surface area contributed by atoms with Gasteiger partial charge in [-0.15, -0.1) is 0 Å². The maximum absolute atomic E-state index is 12.5. The number of benzene rings is 1. The van der Waals surface area contributed by atoms with Crippen LogP contribution < -0.4 is 3.79 Å². The van der Waals surface area contributed by atoms with Gasteiger partial charge in [-0.2, -0.15) is 0 Å². The molecule has 0 aliphatic heterocycles. The first-order valence-corrected chi connectivity index (χ1v) is 3.63. The van der Waals surface area contributed by atoms with Gasteiger partial charge in [0.1, 0.15) is 0 Å². The second-order valence-corrected chi connectivity index (χ2v) is 2.07. The molecule has 0 unspecified atom stereocenters. The van der Waals surface area contributed by atoms with E-state index in [1.807, 2.05) is 0 Å². The van der Waals surface area contributed by atoms with Crippen molar-refractivity contribution in [2.75, 3.05) is 0 Å². The van der Waals surface area contributed by atoms with E-state index in [1.165, 1.54) is 12.1 Å². The van der Waals surface area contributed by atoms with Crippen molar-refractivity contribution < 1.29 is 12.0 Å². The monoisotopic (exact) mass is 154 g/mol. The summed E-state index contributed by atoms with van der Waals surface area (Å²) in [4.78, 5) is 0. The molecule has 0 bridgehead atoms. The molecule has 0 aromatic heterocycles. The molecule has 0 aliphatic carbocycles. The van der Waals surface area contributed by atoms with Crippen molar-refractivity contribution in [3.05, 3.63) is 30.1 Å². The van der Waals surface area contributed by atoms with E-state index in [4.69, 9.17) is 0 Å². The Kier molecular flexibility index (Phi) is 2.55. The molecule has 1 aromatic rings. The van der Waals surface area contributed by atoms with Gasteiger partial charge < -0.3 is 0 Å². The third-order valence-electron chi connectivity index (χ3n) is 1.01. The van der Waals surface area contributed by atoms with Crippen LogP contribution in [0, 0.1) is 5.82 Å². The van der Waals surface area contributed by atoms with E-state index >= 15 is 0 Å². The summed E-state index contributed by atoms with van der Waals surface area (Å²) in [6, 6.07) is 5.85. The van der Waals surface area contributed by atoms with Crippen LogP contribution in [0.15, 0.2) is 24.3 Å². The summed E-state index contributed by atoms with van der Waals surface area (Å²) in [7, 11) is 0. The summed E-state index contributed by atoms with van der Waals surface area (Å²) in [5.41, 5.74) is 0. The van der Waals surface area contributed by atoms with Crippen LogP contribution in [0.25, 0.3) is 0 Å². The van der Waals surface area contributed by atoms with Crippen LogP contribution in [-0.4, -0.2) is 15.5 Å². The van der Waals surface area contributed by atoms with Gasteiger partial charge in [0.25, 0.3) is 0 Å². The minimum absolute atomic E-state index is 0.0486. The van der Waals surface area contributed by atoms with Gasteiger partial charge in [0.2, 0.25) is 0 Å². The fraction of sp³-hybridized carbons (Fsp3) is 0. The van der Waals surface area contributed by atoms with Gasteiger partial charge in [0.15, 0.2) is 0 Å². The summed E-state index contributed by atoms with van der Waals surface area (Å²) in [5.74, 6) is -0.432. The van der Waals surface area contributed by atoms with Gasteiger partial charge >= 0.3 is 63.3 Å². The quantitative estimate of drug-likeness (QED) is 0.597. The predicted molar refractivity (Wildman–Crippen MR) is 33.5 cm³/mol. The molecule has 0 amide bonds. The molecule has 1 aromatic carbocycles. The van der Waals surface area contributed by atoms with Crippen molar-refractivity contribution in [3.63, 3.8) is 0 Å². The first kappa shape index (κ1) is 7.39. The van der Waals surface area contributed by atoms with E-state index in [0.717, 1.165) is 0 Å². The average Bonchev–Trinajstić information content (AvgIpc) is 1.94. The SMILES string of the molecule is [O]=[Al][O]c1ccccc1F. The zero-order valence-electron chi connectivity index (χ0n) is 5.08. The van der Waals surface area contributed by atoms with Crippen LogP contribution >= 0.6 is 0 Å². The molecule has 0 saturated carbocycles. The van der Waals surface area contributed by atoms with Gasteiger partial charge in [-0.25, -0.2) is 0 Å². The Labute approximate surface area is 63.9 Å². The van der Waals surface area contributed by atoms with Gasteiger partial charge in [0.05, 0.1) is 0 Å². The Balaban J connectivity index is 2.91. The van der Waals surface area contributed by atoms with E-state index in [1.54, 1.807) is 12.1 Å². The number of hydrogen-bond acceptors (Lipinski definition) is 2. The van der Waals surface area contributed by atoms with Crippen LogP contribution in [0.5, 0.6) is 5.75 Å². The second kappa shape index (κ2) is 3.45. The summed E-state index contributed by atoms with van der Waals surface area (Å²) in [6.45, 7) is 0. The Morgan fingerprint density at radius 3 is 2.70 bits per heavy atom. The standard InChI is InChI=1S/C6H5FO.Al.O/c7-5-3-1-2-4-6(5)8;;/h1-4,8H;;/q;+1;/p-1. The molecular formula is C6H4AlFO2. The van der Waals surface area contributed by atoms with E-state index in [-0.39, 0.29) is 5.75 Å². The first-order chi connectivity index (χ1) is 4.84. The van der Waals surface area contributed by atoms with Crippen LogP contribution in [0.3, 0.4) is 0 Å². The first-order valence-electron chi connectivity index (χ1n) is 2.69. The number of hydrogen-bond donors (Lipinski definition) is 0. The van der Waals surface area contributed by atoms with Crippen LogP contribution in [0.1, 0.15) is 0 Å². The second-order valence-electron chi connectivity index (χ2n) is 1.64. The van der Waals surface area contributed by atoms with Crippen molar-refractivity contribution in [3.8, 4) is 5.75 Å². The van der Waals surface area contributed by atoms with Crippen molar-refractivity contribution in [2.24, 2.45) is 0 Å². The molecule has 0 aliphatic rings. The maximum atomic E-state index is 12.5. The van der Waals surface area contributed by atoms with Crippen molar-refractivity contribution in [1.82, 2.24) is 0 Å². The number of para-hydroxylation sites is 1. The van der Waals surface area contributed by atoms with Gasteiger partial charge in [0, 0.05) is 0 Å². The minimum atomic E-state index is -1.38. The molecule has 2 nitrogen and oxygen atoms in total. The average molecular weight is 154 g/mol. The van der Waals surface area contributed by atoms with Crippen LogP contribution in [-0.2, 0) is 3.80 Å². The molecule has 0 fully saturated rings. The summed E-state index contributed by atoms with van der Waals surface area (Å²) in [6.07, 6.45) is 0. The predicted octanol–water partition coefficient (Wildman–Crippen LogP) is 1.17. The summed E-state index contributed by atoms with van der Waals surface area (Å²) >= 11 is -1.38. The normalized spacial score (nSPS) is 8.50. The Morgan fingerprint density at radius 1 is 1.40 bits per heavy atom.